The van der Waals surface area contributed by atoms with E-state index in [0.29, 0.717) is 0 Å². The molecule has 0 saturated carbocycles. The van der Waals surface area contributed by atoms with Crippen LogP contribution in [0.15, 0.2) is 21.0 Å². The fourth-order valence-corrected chi connectivity index (χ4v) is 1.95. The summed E-state index contributed by atoms with van der Waals surface area (Å²) in [6.07, 6.45) is 9.82. The fraction of sp³-hybridized carbons (Fsp3) is 0.556. The molecule has 0 heterocycles. The molecule has 0 amide bonds. The molecule has 0 aromatic heterocycles. The third-order valence-electron chi connectivity index (χ3n) is 1.83. The van der Waals surface area contributed by atoms with Crippen molar-refractivity contribution in [3.05, 3.63) is 21.0 Å². The monoisotopic (exact) mass is 592 g/mol. The summed E-state index contributed by atoms with van der Waals surface area (Å²) in [6.45, 7) is 2.25. The first-order valence-electron chi connectivity index (χ1n) is 3.94. The first-order valence-corrected chi connectivity index (χ1v) is 5.17. The maximum absolute atomic E-state index is 2.31. The van der Waals surface area contributed by atoms with Gasteiger partial charge >= 0.3 is 78.3 Å². The number of unbranched alkanes of at least 4 members (excludes halogenated alkanes) is 1. The second-order valence-corrected chi connectivity index (χ2v) is 4.20. The van der Waals surface area contributed by atoms with E-state index in [9.17, 15) is 0 Å². The molecule has 0 saturated heterocycles. The Labute approximate surface area is 148 Å². The molecular formula is C9H13I3Zr. The summed E-state index contributed by atoms with van der Waals surface area (Å²) < 4.78 is 1.67. The van der Waals surface area contributed by atoms with E-state index in [1.165, 1.54) is 25.7 Å². The summed E-state index contributed by atoms with van der Waals surface area (Å²) in [4.78, 5) is 0. The van der Waals surface area contributed by atoms with Gasteiger partial charge in [-0.25, -0.2) is 0 Å². The molecule has 0 atom stereocenters. The van der Waals surface area contributed by atoms with Gasteiger partial charge in [0.15, 0.2) is 0 Å². The molecule has 4 heteroatoms. The Bertz CT molecular complexity index is 176. The summed E-state index contributed by atoms with van der Waals surface area (Å²) >= 11 is 1.61. The molecule has 0 aromatic rings. The zero-order valence-electron chi connectivity index (χ0n) is 7.62. The summed E-state index contributed by atoms with van der Waals surface area (Å²) in [6, 6.07) is 0. The molecule has 0 bridgehead atoms. The minimum atomic E-state index is 0. The van der Waals surface area contributed by atoms with Gasteiger partial charge in [0.05, 0.1) is 0 Å². The first-order chi connectivity index (χ1) is 4.84. The van der Waals surface area contributed by atoms with Crippen molar-refractivity contribution in [2.24, 2.45) is 0 Å². The van der Waals surface area contributed by atoms with Crippen molar-refractivity contribution in [3.8, 4) is 0 Å². The molecule has 74 valence electrons. The van der Waals surface area contributed by atoms with Gasteiger partial charge in [0.1, 0.15) is 0 Å². The van der Waals surface area contributed by atoms with Gasteiger partial charge in [-0.2, -0.15) is 0 Å². The molecule has 0 nitrogen and oxygen atoms in total. The molecule has 0 aliphatic heterocycles. The summed E-state index contributed by atoms with van der Waals surface area (Å²) in [5, 5.41) is 0. The van der Waals surface area contributed by atoms with Crippen LogP contribution < -0.4 is 71.9 Å². The van der Waals surface area contributed by atoms with Crippen LogP contribution in [0, 0.1) is 0 Å². The van der Waals surface area contributed by atoms with Crippen molar-refractivity contribution in [1.29, 1.82) is 0 Å². The van der Waals surface area contributed by atoms with Gasteiger partial charge in [0.25, 0.3) is 0 Å². The molecule has 0 unspecified atom stereocenters. The van der Waals surface area contributed by atoms with Gasteiger partial charge in [-0.15, -0.1) is 0 Å². The Morgan fingerprint density at radius 1 is 1.31 bits per heavy atom. The van der Waals surface area contributed by atoms with E-state index >= 15 is 0 Å². The number of rotatable bonds is 3. The van der Waals surface area contributed by atoms with Crippen LogP contribution in [0.4, 0.5) is 0 Å². The van der Waals surface area contributed by atoms with Gasteiger partial charge < -0.3 is 71.9 Å². The van der Waals surface area contributed by atoms with Gasteiger partial charge in [-0.3, -0.25) is 0 Å². The van der Waals surface area contributed by atoms with Crippen LogP contribution in [0.25, 0.3) is 0 Å². The average Bonchev–Trinajstić information content (AvgIpc) is 2.31. The fourth-order valence-electron chi connectivity index (χ4n) is 1.15. The van der Waals surface area contributed by atoms with Crippen LogP contribution in [-0.2, 0) is 24.7 Å². The van der Waals surface area contributed by atoms with Crippen LogP contribution in [0.1, 0.15) is 32.6 Å². The van der Waals surface area contributed by atoms with E-state index in [1.807, 2.05) is 0 Å². The van der Waals surface area contributed by atoms with Gasteiger partial charge in [-0.1, -0.05) is 0 Å². The molecule has 1 aliphatic rings. The van der Waals surface area contributed by atoms with Crippen molar-refractivity contribution < 1.29 is 96.6 Å². The van der Waals surface area contributed by atoms with Crippen LogP contribution in [0.5, 0.6) is 0 Å². The van der Waals surface area contributed by atoms with Crippen LogP contribution in [0.3, 0.4) is 0 Å². The van der Waals surface area contributed by atoms with Gasteiger partial charge in [-0.05, 0) is 0 Å². The SMILES string of the molecule is CCCCC1=[C]([Zr+3])CC=C1.[I-].[I-].[I-]. The predicted octanol–water partition coefficient (Wildman–Crippen LogP) is -6.05. The number of hydrogen-bond donors (Lipinski definition) is 0. The minimum absolute atomic E-state index is 0. The number of hydrogen-bond acceptors (Lipinski definition) is 0. The van der Waals surface area contributed by atoms with Gasteiger partial charge in [0.2, 0.25) is 0 Å². The van der Waals surface area contributed by atoms with Crippen LogP contribution in [0.2, 0.25) is 0 Å². The summed E-state index contributed by atoms with van der Waals surface area (Å²) in [7, 11) is 0. The minimum Gasteiger partial charge on any atom is -1.00 e. The smallest absolute Gasteiger partial charge is 1.00 e. The molecule has 0 spiro atoms. The topological polar surface area (TPSA) is 0 Å². The quantitative estimate of drug-likeness (QED) is 0.287. The number of allylic oxidation sites excluding steroid dienone is 4. The average molecular weight is 593 g/mol. The molecule has 1 rings (SSSR count). The Kier molecular flexibility index (Phi) is 20.3. The van der Waals surface area contributed by atoms with E-state index in [4.69, 9.17) is 0 Å². The molecule has 0 fully saturated rings. The summed E-state index contributed by atoms with van der Waals surface area (Å²) in [5.74, 6) is 0. The van der Waals surface area contributed by atoms with Crippen molar-refractivity contribution in [2.45, 2.75) is 32.6 Å². The maximum atomic E-state index is 2.31. The first kappa shape index (κ1) is 20.9. The van der Waals surface area contributed by atoms with Gasteiger partial charge in [0, 0.05) is 0 Å². The molecule has 13 heavy (non-hydrogen) atoms. The molecular weight excluding hydrogens is 580 g/mol. The van der Waals surface area contributed by atoms with Crippen molar-refractivity contribution in [1.82, 2.24) is 0 Å². The molecule has 0 radical (unpaired) electrons. The second kappa shape index (κ2) is 12.6. The number of halogens is 3. The standard InChI is InChI=1S/C9H13.3HI.Zr/c1-2-3-6-9-7-4-5-8-9;;;;/h4,7H,2-3,5-6H2,1H3;3*1H;/q;;;;+3/p-3. The zero-order chi connectivity index (χ0) is 7.40. The van der Waals surface area contributed by atoms with Crippen molar-refractivity contribution in [2.75, 3.05) is 0 Å². The van der Waals surface area contributed by atoms with E-state index in [1.54, 1.807) is 33.6 Å². The van der Waals surface area contributed by atoms with Crippen LogP contribution in [-0.4, -0.2) is 0 Å². The van der Waals surface area contributed by atoms with E-state index in [0.717, 1.165) is 0 Å². The second-order valence-electron chi connectivity index (χ2n) is 2.71. The van der Waals surface area contributed by atoms with E-state index in [-0.39, 0.29) is 71.9 Å². The maximum Gasteiger partial charge on any atom is -1.00 e. The van der Waals surface area contributed by atoms with Crippen molar-refractivity contribution in [3.63, 3.8) is 0 Å². The molecule has 0 aromatic carbocycles. The molecule has 1 aliphatic carbocycles. The van der Waals surface area contributed by atoms with Crippen LogP contribution >= 0.6 is 0 Å². The Hall–Kier alpha value is 2.55. The van der Waals surface area contributed by atoms with E-state index < -0.39 is 0 Å². The van der Waals surface area contributed by atoms with E-state index in [2.05, 4.69) is 19.1 Å². The third-order valence-corrected chi connectivity index (χ3v) is 3.12. The van der Waals surface area contributed by atoms with Crippen molar-refractivity contribution >= 4 is 0 Å². The predicted molar refractivity (Wildman–Crippen MR) is 40.3 cm³/mol. The largest absolute Gasteiger partial charge is 1.00 e. The Morgan fingerprint density at radius 2 is 1.92 bits per heavy atom. The zero-order valence-corrected chi connectivity index (χ0v) is 16.5. The Balaban J connectivity index is -0.000000333. The normalized spacial score (nSPS) is 13.2. The Morgan fingerprint density at radius 3 is 2.31 bits per heavy atom. The third kappa shape index (κ3) is 8.37. The molecule has 0 N–H and O–H groups in total. The summed E-state index contributed by atoms with van der Waals surface area (Å²) in [5.41, 5.74) is 1.63.